The summed E-state index contributed by atoms with van der Waals surface area (Å²) in [4.78, 5) is 23.0. The van der Waals surface area contributed by atoms with Gasteiger partial charge in [0.05, 0.1) is 22.4 Å². The molecule has 2 N–H and O–H groups in total. The van der Waals surface area contributed by atoms with Gasteiger partial charge in [0.15, 0.2) is 0 Å². The smallest absolute Gasteiger partial charge is 0.322 e. The molecule has 23 heavy (non-hydrogen) atoms. The Morgan fingerprint density at radius 3 is 2.83 bits per heavy atom. The second-order valence-electron chi connectivity index (χ2n) is 5.64. The summed E-state index contributed by atoms with van der Waals surface area (Å²) in [5.74, 6) is 0. The molecule has 0 aliphatic heterocycles. The first-order chi connectivity index (χ1) is 11.0. The number of carbonyl (C=O) groups is 1. The Labute approximate surface area is 139 Å². The number of hydrogen-bond acceptors (Lipinski definition) is 3. The number of urea groups is 1. The van der Waals surface area contributed by atoms with Crippen LogP contribution in [0.2, 0.25) is 0 Å². The van der Waals surface area contributed by atoms with E-state index in [-0.39, 0.29) is 12.1 Å². The molecule has 1 atom stereocenters. The van der Waals surface area contributed by atoms with Gasteiger partial charge in [-0.3, -0.25) is 0 Å². The number of carbonyl (C=O) groups excluding carboxylic acids is 1. The van der Waals surface area contributed by atoms with Gasteiger partial charge < -0.3 is 15.2 Å². The van der Waals surface area contributed by atoms with Gasteiger partial charge in [-0.25, -0.2) is 9.78 Å². The van der Waals surface area contributed by atoms with Crippen molar-refractivity contribution in [2.24, 2.45) is 0 Å². The molecule has 0 saturated carbocycles. The molecule has 2 amide bonds. The molecular weight excluding hydrogens is 308 g/mol. The number of nitrogens with zero attached hydrogens (tertiary/aromatic N) is 2. The SMILES string of the molecule is Cc1nc(C)c(C(C)N(C)C(=O)Nc2cccc3[nH]ccc23)s1. The van der Waals surface area contributed by atoms with Gasteiger partial charge in [0, 0.05) is 29.0 Å². The standard InChI is InChI=1S/C17H20N4OS/c1-10-16(23-12(3)19-10)11(2)21(4)17(22)20-15-7-5-6-14-13(15)8-9-18-14/h5-9,11,18H,1-4H3,(H,20,22). The monoisotopic (exact) mass is 328 g/mol. The zero-order valence-corrected chi connectivity index (χ0v) is 14.5. The molecule has 3 rings (SSSR count). The highest BCUT2D eigenvalue weighted by molar-refractivity contribution is 7.11. The third kappa shape index (κ3) is 2.94. The molecule has 0 fully saturated rings. The van der Waals surface area contributed by atoms with Crippen molar-refractivity contribution in [1.82, 2.24) is 14.9 Å². The Hall–Kier alpha value is -2.34. The first-order valence-electron chi connectivity index (χ1n) is 7.51. The van der Waals surface area contributed by atoms with Gasteiger partial charge in [-0.15, -0.1) is 11.3 Å². The third-order valence-electron chi connectivity index (χ3n) is 4.06. The molecule has 6 heteroatoms. The molecule has 2 aromatic heterocycles. The van der Waals surface area contributed by atoms with Crippen molar-refractivity contribution in [3.05, 3.63) is 46.0 Å². The van der Waals surface area contributed by atoms with E-state index >= 15 is 0 Å². The molecule has 2 heterocycles. The van der Waals surface area contributed by atoms with Crippen LogP contribution in [0.15, 0.2) is 30.5 Å². The Kier molecular flexibility index (Phi) is 4.09. The number of benzene rings is 1. The van der Waals surface area contributed by atoms with Crippen molar-refractivity contribution < 1.29 is 4.79 Å². The van der Waals surface area contributed by atoms with Crippen molar-refractivity contribution in [1.29, 1.82) is 0 Å². The number of H-pyrrole nitrogens is 1. The van der Waals surface area contributed by atoms with Crippen LogP contribution in [0.25, 0.3) is 10.9 Å². The summed E-state index contributed by atoms with van der Waals surface area (Å²) in [6.07, 6.45) is 1.87. The zero-order chi connectivity index (χ0) is 16.6. The summed E-state index contributed by atoms with van der Waals surface area (Å²) >= 11 is 1.64. The number of aromatic nitrogens is 2. The lowest BCUT2D eigenvalue weighted by molar-refractivity contribution is 0.209. The normalized spacial score (nSPS) is 12.3. The number of amides is 2. The van der Waals surface area contributed by atoms with Crippen LogP contribution in [-0.4, -0.2) is 27.9 Å². The van der Waals surface area contributed by atoms with Crippen LogP contribution in [0.3, 0.4) is 0 Å². The van der Waals surface area contributed by atoms with E-state index in [4.69, 9.17) is 0 Å². The van der Waals surface area contributed by atoms with E-state index in [0.29, 0.717) is 0 Å². The van der Waals surface area contributed by atoms with Crippen LogP contribution in [-0.2, 0) is 0 Å². The molecule has 3 aromatic rings. The third-order valence-corrected chi connectivity index (χ3v) is 5.30. The van der Waals surface area contributed by atoms with Crippen molar-refractivity contribution in [3.63, 3.8) is 0 Å². The number of aryl methyl sites for hydroxylation is 2. The number of nitrogens with one attached hydrogen (secondary N) is 2. The summed E-state index contributed by atoms with van der Waals surface area (Å²) in [7, 11) is 1.81. The number of aromatic amines is 1. The van der Waals surface area contributed by atoms with Crippen LogP contribution < -0.4 is 5.32 Å². The van der Waals surface area contributed by atoms with Crippen molar-refractivity contribution >= 4 is 34.0 Å². The lowest BCUT2D eigenvalue weighted by Crippen LogP contribution is -2.33. The minimum Gasteiger partial charge on any atom is -0.361 e. The topological polar surface area (TPSA) is 61.0 Å². The number of hydrogen-bond donors (Lipinski definition) is 2. The van der Waals surface area contributed by atoms with Gasteiger partial charge in [-0.1, -0.05) is 6.07 Å². The first-order valence-corrected chi connectivity index (χ1v) is 8.33. The number of fused-ring (bicyclic) bond motifs is 1. The molecule has 1 unspecified atom stereocenters. The van der Waals surface area contributed by atoms with Crippen LogP contribution in [0, 0.1) is 13.8 Å². The predicted octanol–water partition coefficient (Wildman–Crippen LogP) is 4.47. The van der Waals surface area contributed by atoms with Crippen LogP contribution in [0.1, 0.15) is 28.5 Å². The quantitative estimate of drug-likeness (QED) is 0.745. The highest BCUT2D eigenvalue weighted by Gasteiger charge is 2.21. The number of anilines is 1. The Balaban J connectivity index is 1.80. The van der Waals surface area contributed by atoms with E-state index in [2.05, 4.69) is 15.3 Å². The van der Waals surface area contributed by atoms with Crippen molar-refractivity contribution in [3.8, 4) is 0 Å². The number of thiazole rings is 1. The minimum atomic E-state index is -0.128. The van der Waals surface area contributed by atoms with E-state index in [1.54, 1.807) is 16.2 Å². The molecule has 0 aliphatic rings. The second-order valence-corrected chi connectivity index (χ2v) is 6.88. The van der Waals surface area contributed by atoms with E-state index in [9.17, 15) is 4.79 Å². The molecule has 0 spiro atoms. The second kappa shape index (κ2) is 6.04. The van der Waals surface area contributed by atoms with E-state index in [1.807, 2.05) is 58.3 Å². The average Bonchev–Trinajstić information content (AvgIpc) is 3.12. The lowest BCUT2D eigenvalue weighted by Gasteiger charge is -2.25. The first kappa shape index (κ1) is 15.6. The van der Waals surface area contributed by atoms with Gasteiger partial charge in [-0.2, -0.15) is 0 Å². The van der Waals surface area contributed by atoms with Gasteiger partial charge in [0.2, 0.25) is 0 Å². The minimum absolute atomic E-state index is 0.0216. The van der Waals surface area contributed by atoms with Gasteiger partial charge >= 0.3 is 6.03 Å². The Morgan fingerprint density at radius 2 is 2.13 bits per heavy atom. The largest absolute Gasteiger partial charge is 0.361 e. The highest BCUT2D eigenvalue weighted by atomic mass is 32.1. The van der Waals surface area contributed by atoms with Crippen molar-refractivity contribution in [2.75, 3.05) is 12.4 Å². The molecule has 1 aromatic carbocycles. The van der Waals surface area contributed by atoms with Crippen LogP contribution in [0.4, 0.5) is 10.5 Å². The van der Waals surface area contributed by atoms with Gasteiger partial charge in [0.25, 0.3) is 0 Å². The van der Waals surface area contributed by atoms with Crippen LogP contribution >= 0.6 is 11.3 Å². The van der Waals surface area contributed by atoms with Gasteiger partial charge in [-0.05, 0) is 39.0 Å². The fraction of sp³-hybridized carbons (Fsp3) is 0.294. The summed E-state index contributed by atoms with van der Waals surface area (Å²) in [6.45, 7) is 6.00. The molecule has 0 aliphatic carbocycles. The Bertz CT molecular complexity index is 851. The van der Waals surface area contributed by atoms with Crippen LogP contribution in [0.5, 0.6) is 0 Å². The van der Waals surface area contributed by atoms with E-state index in [1.165, 1.54) is 0 Å². The summed E-state index contributed by atoms with van der Waals surface area (Å²) in [6, 6.07) is 7.64. The molecule has 120 valence electrons. The molecule has 0 saturated heterocycles. The maximum Gasteiger partial charge on any atom is 0.322 e. The highest BCUT2D eigenvalue weighted by Crippen LogP contribution is 2.29. The average molecular weight is 328 g/mol. The summed E-state index contributed by atoms with van der Waals surface area (Å²) < 4.78 is 0. The molecule has 0 bridgehead atoms. The van der Waals surface area contributed by atoms with Gasteiger partial charge in [0.1, 0.15) is 0 Å². The molecular formula is C17H20N4OS. The van der Waals surface area contributed by atoms with E-state index < -0.39 is 0 Å². The summed E-state index contributed by atoms with van der Waals surface area (Å²) in [5.41, 5.74) is 2.81. The predicted molar refractivity (Wildman–Crippen MR) is 95.1 cm³/mol. The fourth-order valence-corrected chi connectivity index (χ4v) is 3.71. The fourth-order valence-electron chi connectivity index (χ4n) is 2.68. The van der Waals surface area contributed by atoms with Crippen molar-refractivity contribution in [2.45, 2.75) is 26.8 Å². The maximum absolute atomic E-state index is 12.6. The number of rotatable bonds is 3. The maximum atomic E-state index is 12.6. The molecule has 0 radical (unpaired) electrons. The lowest BCUT2D eigenvalue weighted by atomic mass is 10.2. The zero-order valence-electron chi connectivity index (χ0n) is 13.7. The Morgan fingerprint density at radius 1 is 1.35 bits per heavy atom. The summed E-state index contributed by atoms with van der Waals surface area (Å²) in [5, 5.41) is 5.03. The van der Waals surface area contributed by atoms with E-state index in [0.717, 1.165) is 32.2 Å². The molecule has 5 nitrogen and oxygen atoms in total.